The smallest absolute Gasteiger partial charge is 0.409 e. The van der Waals surface area contributed by atoms with Gasteiger partial charge < -0.3 is 26.1 Å². The number of rotatable bonds is 5. The summed E-state index contributed by atoms with van der Waals surface area (Å²) in [5, 5.41) is 17.7. The van der Waals surface area contributed by atoms with Crippen molar-refractivity contribution in [1.29, 1.82) is 5.41 Å². The number of nitrogens with one attached hydrogen (secondary N) is 3. The van der Waals surface area contributed by atoms with Crippen molar-refractivity contribution in [2.45, 2.75) is 25.8 Å². The minimum atomic E-state index is -3.85. The maximum atomic E-state index is 10.5. The quantitative estimate of drug-likeness (QED) is 0.185. The van der Waals surface area contributed by atoms with Crippen LogP contribution in [0.3, 0.4) is 0 Å². The van der Waals surface area contributed by atoms with Gasteiger partial charge in [-0.15, -0.1) is 0 Å². The van der Waals surface area contributed by atoms with Crippen LogP contribution in [0.15, 0.2) is 11.8 Å². The van der Waals surface area contributed by atoms with Gasteiger partial charge in [0.25, 0.3) is 5.91 Å². The number of allylic oxidation sites excluding steroid dienone is 1. The lowest BCUT2D eigenvalue weighted by Crippen LogP contribution is -2.34. The fourth-order valence-electron chi connectivity index (χ4n) is 1.22. The number of carbonyl (C=O) groups is 2. The first-order valence-corrected chi connectivity index (χ1v) is 7.45. The molecule has 1 rings (SSSR count). The predicted molar refractivity (Wildman–Crippen MR) is 76.7 cm³/mol. The van der Waals surface area contributed by atoms with Gasteiger partial charge in [-0.1, -0.05) is 0 Å². The molecule has 0 radical (unpaired) electrons. The number of carboxylic acid groups (broad SMARTS) is 1. The summed E-state index contributed by atoms with van der Waals surface area (Å²) in [6, 6.07) is -0.821. The molecule has 1 heterocycles. The normalized spacial score (nSPS) is 16.8. The molecule has 12 heteroatoms. The number of guanidine groups is 1. The molecule has 1 aliphatic heterocycles. The summed E-state index contributed by atoms with van der Waals surface area (Å²) in [7, 11) is -3.85. The van der Waals surface area contributed by atoms with Crippen LogP contribution in [0.5, 0.6) is 0 Å². The first kappa shape index (κ1) is 19.7. The molecule has 1 atom stereocenters. The Balaban J connectivity index is 0.000000406. The Labute approximate surface area is 127 Å². The lowest BCUT2D eigenvalue weighted by atomic mass is 10.2. The summed E-state index contributed by atoms with van der Waals surface area (Å²) in [4.78, 5) is 20.7. The third-order valence-corrected chi connectivity index (χ3v) is 3.06. The van der Waals surface area contributed by atoms with E-state index in [1.807, 2.05) is 0 Å². The Morgan fingerprint density at radius 3 is 2.59 bits per heavy atom. The largest absolute Gasteiger partial charge is 0.480 e. The Morgan fingerprint density at radius 1 is 1.59 bits per heavy atom. The van der Waals surface area contributed by atoms with Crippen molar-refractivity contribution in [3.8, 4) is 0 Å². The molecule has 22 heavy (non-hydrogen) atoms. The number of amides is 1. The molecule has 0 saturated carbocycles. The Bertz CT molecular complexity index is 558. The van der Waals surface area contributed by atoms with Gasteiger partial charge in [-0.2, -0.15) is 8.42 Å². The van der Waals surface area contributed by atoms with Crippen molar-refractivity contribution < 1.29 is 27.3 Å². The zero-order chi connectivity index (χ0) is 17.3. The number of carboxylic acids is 1. The predicted octanol–water partition coefficient (Wildman–Crippen LogP) is -2.06. The minimum absolute atomic E-state index is 0.0729. The molecule has 126 valence electrons. The third-order valence-electron chi connectivity index (χ3n) is 2.13. The second kappa shape index (κ2) is 8.84. The van der Waals surface area contributed by atoms with Crippen LogP contribution in [-0.4, -0.2) is 43.9 Å². The summed E-state index contributed by atoms with van der Waals surface area (Å²) in [6.07, 6.45) is 2.03. The average Bonchev–Trinajstić information content (AvgIpc) is 2.31. The summed E-state index contributed by atoms with van der Waals surface area (Å²) in [5.74, 6) is -1.72. The van der Waals surface area contributed by atoms with Crippen LogP contribution < -0.4 is 21.5 Å². The molecule has 0 aliphatic carbocycles. The molecular weight excluding hydrogens is 318 g/mol. The van der Waals surface area contributed by atoms with Crippen LogP contribution in [0.2, 0.25) is 0 Å². The molecule has 0 saturated heterocycles. The molecular formula is C10H19N5O6S. The highest BCUT2D eigenvalue weighted by Crippen LogP contribution is 2.05. The molecule has 0 unspecified atom stereocenters. The molecule has 0 spiro atoms. The summed E-state index contributed by atoms with van der Waals surface area (Å²) >= 11 is 0. The van der Waals surface area contributed by atoms with E-state index in [0.29, 0.717) is 19.4 Å². The van der Waals surface area contributed by atoms with Crippen molar-refractivity contribution in [2.24, 2.45) is 11.5 Å². The highest BCUT2D eigenvalue weighted by Gasteiger charge is 2.20. The maximum Gasteiger partial charge on any atom is 0.409 e. The van der Waals surface area contributed by atoms with Crippen molar-refractivity contribution in [3.05, 3.63) is 11.8 Å². The van der Waals surface area contributed by atoms with Crippen molar-refractivity contribution in [1.82, 2.24) is 10.0 Å². The SMILES string of the molecule is CC1=CC(=O)NS(=O)(=O)O1.N=C(N)NCCC[C@H](N)C(=O)O. The monoisotopic (exact) mass is 337 g/mol. The highest BCUT2D eigenvalue weighted by atomic mass is 32.2. The van der Waals surface area contributed by atoms with E-state index in [1.54, 1.807) is 4.72 Å². The zero-order valence-electron chi connectivity index (χ0n) is 11.8. The van der Waals surface area contributed by atoms with Gasteiger partial charge in [-0.3, -0.25) is 15.0 Å². The Hall–Kier alpha value is -2.34. The van der Waals surface area contributed by atoms with Crippen molar-refractivity contribution in [3.63, 3.8) is 0 Å². The maximum absolute atomic E-state index is 10.5. The van der Waals surface area contributed by atoms with Crippen LogP contribution in [0.1, 0.15) is 19.8 Å². The molecule has 0 fully saturated rings. The first-order chi connectivity index (χ1) is 10.0. The molecule has 0 bridgehead atoms. The van der Waals surface area contributed by atoms with Gasteiger partial charge in [-0.25, -0.2) is 4.72 Å². The van der Waals surface area contributed by atoms with E-state index in [4.69, 9.17) is 22.0 Å². The average molecular weight is 337 g/mol. The van der Waals surface area contributed by atoms with E-state index in [-0.39, 0.29) is 11.7 Å². The fourth-order valence-corrected chi connectivity index (χ4v) is 1.96. The number of carbonyl (C=O) groups excluding carboxylic acids is 1. The minimum Gasteiger partial charge on any atom is -0.480 e. The van der Waals surface area contributed by atoms with Gasteiger partial charge in [0.1, 0.15) is 11.8 Å². The molecule has 1 aliphatic rings. The summed E-state index contributed by atoms with van der Waals surface area (Å²) in [6.45, 7) is 1.87. The number of nitrogens with two attached hydrogens (primary N) is 2. The van der Waals surface area contributed by atoms with E-state index in [1.165, 1.54) is 6.92 Å². The Morgan fingerprint density at radius 2 is 2.18 bits per heavy atom. The molecule has 1 amide bonds. The molecule has 0 aromatic rings. The number of aliphatic carboxylic acids is 1. The second-order valence-corrected chi connectivity index (χ2v) is 5.47. The highest BCUT2D eigenvalue weighted by molar-refractivity contribution is 7.85. The van der Waals surface area contributed by atoms with Gasteiger partial charge in [0, 0.05) is 12.6 Å². The van der Waals surface area contributed by atoms with Crippen LogP contribution >= 0.6 is 0 Å². The topological polar surface area (TPSA) is 198 Å². The van der Waals surface area contributed by atoms with Crippen molar-refractivity contribution in [2.75, 3.05) is 6.54 Å². The first-order valence-electron chi connectivity index (χ1n) is 6.04. The van der Waals surface area contributed by atoms with Crippen LogP contribution in [-0.2, 0) is 24.1 Å². The van der Waals surface area contributed by atoms with E-state index in [2.05, 4.69) is 9.50 Å². The van der Waals surface area contributed by atoms with Crippen molar-refractivity contribution >= 4 is 28.1 Å². The van der Waals surface area contributed by atoms with E-state index < -0.39 is 28.2 Å². The molecule has 0 aromatic heterocycles. The van der Waals surface area contributed by atoms with Gasteiger partial charge in [0.05, 0.1) is 0 Å². The number of hydrogen-bond acceptors (Lipinski definition) is 7. The fraction of sp³-hybridized carbons (Fsp3) is 0.500. The van der Waals surface area contributed by atoms with Gasteiger partial charge in [0.15, 0.2) is 5.96 Å². The third kappa shape index (κ3) is 9.55. The van der Waals surface area contributed by atoms with Gasteiger partial charge in [0.2, 0.25) is 0 Å². The lowest BCUT2D eigenvalue weighted by molar-refractivity contribution is -0.138. The van der Waals surface area contributed by atoms with Crippen LogP contribution in [0.4, 0.5) is 0 Å². The number of hydrogen-bond donors (Lipinski definition) is 6. The summed E-state index contributed by atoms with van der Waals surface area (Å²) in [5.41, 5.74) is 10.2. The molecule has 8 N–H and O–H groups in total. The van der Waals surface area contributed by atoms with Gasteiger partial charge in [-0.05, 0) is 19.8 Å². The van der Waals surface area contributed by atoms with Gasteiger partial charge >= 0.3 is 16.3 Å². The zero-order valence-corrected chi connectivity index (χ0v) is 12.6. The Kier molecular flexibility index (Phi) is 7.90. The van der Waals surface area contributed by atoms with E-state index in [9.17, 15) is 18.0 Å². The standard InChI is InChI=1S/C6H14N4O2.C4H5NO4S/c7-4(5(11)12)2-1-3-10-6(8)9;1-3-2-4(6)5-10(7,8)9-3/h4H,1-3,7H2,(H,11,12)(H4,8,9,10);2H,1H3,(H,5,6)/t4-;/m0./s1. The van der Waals surface area contributed by atoms with Crippen LogP contribution in [0.25, 0.3) is 0 Å². The second-order valence-electron chi connectivity index (χ2n) is 4.19. The molecule has 0 aromatic carbocycles. The summed E-state index contributed by atoms with van der Waals surface area (Å²) < 4.78 is 26.8. The van der Waals surface area contributed by atoms with E-state index >= 15 is 0 Å². The lowest BCUT2D eigenvalue weighted by Gasteiger charge is -2.10. The van der Waals surface area contributed by atoms with E-state index in [0.717, 1.165) is 6.08 Å². The van der Waals surface area contributed by atoms with Crippen LogP contribution in [0, 0.1) is 5.41 Å². The molecule has 11 nitrogen and oxygen atoms in total.